The third kappa shape index (κ3) is 2.56. The van der Waals surface area contributed by atoms with Gasteiger partial charge in [-0.25, -0.2) is 9.97 Å². The van der Waals surface area contributed by atoms with E-state index in [1.165, 1.54) is 25.7 Å². The number of ether oxygens (including phenoxy) is 1. The summed E-state index contributed by atoms with van der Waals surface area (Å²) < 4.78 is 5.18. The fraction of sp³-hybridized carbons (Fsp3) is 0.692. The van der Waals surface area contributed by atoms with Crippen molar-refractivity contribution >= 4 is 11.6 Å². The zero-order valence-corrected chi connectivity index (χ0v) is 10.8. The third-order valence-electron chi connectivity index (χ3n) is 3.51. The summed E-state index contributed by atoms with van der Waals surface area (Å²) in [5.41, 5.74) is 5.90. The molecular formula is C13H20N4O. The zero-order chi connectivity index (χ0) is 12.5. The molecule has 0 amide bonds. The minimum atomic E-state index is 0.538. The number of nitrogens with zero attached hydrogens (tertiary/aromatic N) is 3. The van der Waals surface area contributed by atoms with Crippen LogP contribution in [0.1, 0.15) is 37.4 Å². The van der Waals surface area contributed by atoms with E-state index in [1.807, 2.05) is 6.07 Å². The van der Waals surface area contributed by atoms with Gasteiger partial charge in [-0.15, -0.1) is 0 Å². The highest BCUT2D eigenvalue weighted by molar-refractivity contribution is 5.49. The van der Waals surface area contributed by atoms with Crippen molar-refractivity contribution in [1.29, 1.82) is 0 Å². The van der Waals surface area contributed by atoms with Crippen LogP contribution in [0.3, 0.4) is 0 Å². The van der Waals surface area contributed by atoms with Gasteiger partial charge in [-0.2, -0.15) is 0 Å². The molecule has 0 atom stereocenters. The summed E-state index contributed by atoms with van der Waals surface area (Å²) >= 11 is 0. The van der Waals surface area contributed by atoms with Crippen LogP contribution in [0.4, 0.5) is 11.6 Å². The van der Waals surface area contributed by atoms with Crippen LogP contribution in [0.25, 0.3) is 0 Å². The molecule has 1 aromatic heterocycles. The Hall–Kier alpha value is -1.36. The van der Waals surface area contributed by atoms with Gasteiger partial charge in [0.1, 0.15) is 17.5 Å². The second kappa shape index (κ2) is 4.72. The lowest BCUT2D eigenvalue weighted by molar-refractivity contribution is 0.204. The van der Waals surface area contributed by atoms with Gasteiger partial charge in [-0.3, -0.25) is 0 Å². The van der Waals surface area contributed by atoms with E-state index in [2.05, 4.69) is 14.9 Å². The molecule has 2 N–H and O–H groups in total. The van der Waals surface area contributed by atoms with E-state index in [0.717, 1.165) is 24.8 Å². The van der Waals surface area contributed by atoms with Gasteiger partial charge >= 0.3 is 0 Å². The van der Waals surface area contributed by atoms with Crippen LogP contribution >= 0.6 is 0 Å². The molecule has 1 aromatic rings. The average molecular weight is 248 g/mol. The number of nitrogen functional groups attached to an aromatic ring is 1. The van der Waals surface area contributed by atoms with Crippen LogP contribution in [-0.2, 0) is 4.74 Å². The standard InChI is InChI=1S/C13H20N4O/c1-18-7-6-17(10-4-5-10)12-8-11(14)15-13(16-12)9-2-3-9/h8-10H,2-7H2,1H3,(H2,14,15,16). The molecule has 18 heavy (non-hydrogen) atoms. The lowest BCUT2D eigenvalue weighted by atomic mass is 10.3. The Kier molecular flexibility index (Phi) is 3.07. The van der Waals surface area contributed by atoms with Gasteiger partial charge in [0.05, 0.1) is 6.61 Å². The highest BCUT2D eigenvalue weighted by atomic mass is 16.5. The van der Waals surface area contributed by atoms with Crippen molar-refractivity contribution < 1.29 is 4.74 Å². The van der Waals surface area contributed by atoms with Crippen LogP contribution in [0.5, 0.6) is 0 Å². The molecule has 2 aliphatic carbocycles. The number of anilines is 2. The second-order valence-electron chi connectivity index (χ2n) is 5.20. The first kappa shape index (κ1) is 11.7. The summed E-state index contributed by atoms with van der Waals surface area (Å²) in [5, 5.41) is 0. The molecule has 2 aliphatic rings. The number of aromatic nitrogens is 2. The van der Waals surface area contributed by atoms with E-state index in [1.54, 1.807) is 7.11 Å². The van der Waals surface area contributed by atoms with E-state index < -0.39 is 0 Å². The first-order valence-electron chi connectivity index (χ1n) is 6.68. The Morgan fingerprint density at radius 1 is 1.33 bits per heavy atom. The molecule has 0 unspecified atom stereocenters. The summed E-state index contributed by atoms with van der Waals surface area (Å²) in [7, 11) is 1.73. The van der Waals surface area contributed by atoms with Crippen LogP contribution in [-0.4, -0.2) is 36.3 Å². The normalized spacial score (nSPS) is 18.9. The Balaban J connectivity index is 1.83. The highest BCUT2D eigenvalue weighted by Crippen LogP contribution is 2.39. The van der Waals surface area contributed by atoms with Gasteiger partial charge in [0.2, 0.25) is 0 Å². The third-order valence-corrected chi connectivity index (χ3v) is 3.51. The number of rotatable bonds is 6. The molecule has 0 spiro atoms. The molecule has 0 bridgehead atoms. The quantitative estimate of drug-likeness (QED) is 0.827. The molecule has 3 rings (SSSR count). The first-order valence-corrected chi connectivity index (χ1v) is 6.68. The Morgan fingerprint density at radius 3 is 2.72 bits per heavy atom. The van der Waals surface area contributed by atoms with Crippen molar-refractivity contribution in [3.8, 4) is 0 Å². The fourth-order valence-electron chi connectivity index (χ4n) is 2.20. The van der Waals surface area contributed by atoms with Crippen LogP contribution < -0.4 is 10.6 Å². The molecule has 0 aromatic carbocycles. The number of hydrogen-bond donors (Lipinski definition) is 1. The lowest BCUT2D eigenvalue weighted by Gasteiger charge is -2.23. The largest absolute Gasteiger partial charge is 0.384 e. The van der Waals surface area contributed by atoms with Crippen molar-refractivity contribution in [2.75, 3.05) is 30.9 Å². The van der Waals surface area contributed by atoms with Crippen molar-refractivity contribution in [3.05, 3.63) is 11.9 Å². The minimum Gasteiger partial charge on any atom is -0.384 e. The first-order chi connectivity index (χ1) is 8.78. The maximum absolute atomic E-state index is 5.90. The van der Waals surface area contributed by atoms with Gasteiger partial charge in [-0.05, 0) is 25.7 Å². The summed E-state index contributed by atoms with van der Waals surface area (Å²) in [6, 6.07) is 2.50. The summed E-state index contributed by atoms with van der Waals surface area (Å²) in [6.45, 7) is 1.60. The topological polar surface area (TPSA) is 64.3 Å². The number of hydrogen-bond acceptors (Lipinski definition) is 5. The summed E-state index contributed by atoms with van der Waals surface area (Å²) in [4.78, 5) is 11.3. The molecule has 1 heterocycles. The fourth-order valence-corrected chi connectivity index (χ4v) is 2.20. The predicted molar refractivity (Wildman–Crippen MR) is 70.7 cm³/mol. The SMILES string of the molecule is COCCN(c1cc(N)nc(C2CC2)n1)C1CC1. The molecule has 98 valence electrons. The minimum absolute atomic E-state index is 0.538. The van der Waals surface area contributed by atoms with Gasteiger partial charge in [-0.1, -0.05) is 0 Å². The average Bonchev–Trinajstić information content (AvgIpc) is 3.21. The Morgan fingerprint density at radius 2 is 2.11 bits per heavy atom. The lowest BCUT2D eigenvalue weighted by Crippen LogP contribution is -2.30. The van der Waals surface area contributed by atoms with E-state index in [4.69, 9.17) is 10.5 Å². The van der Waals surface area contributed by atoms with E-state index in [0.29, 0.717) is 17.8 Å². The molecule has 5 nitrogen and oxygen atoms in total. The molecule has 2 saturated carbocycles. The van der Waals surface area contributed by atoms with E-state index in [9.17, 15) is 0 Å². The van der Waals surface area contributed by atoms with Crippen LogP contribution in [0.15, 0.2) is 6.07 Å². The molecule has 2 fully saturated rings. The van der Waals surface area contributed by atoms with Crippen molar-refractivity contribution in [2.45, 2.75) is 37.6 Å². The summed E-state index contributed by atoms with van der Waals surface area (Å²) in [6.07, 6.45) is 4.88. The number of nitrogens with two attached hydrogens (primary N) is 1. The highest BCUT2D eigenvalue weighted by Gasteiger charge is 2.32. The van der Waals surface area contributed by atoms with Gasteiger partial charge in [0.15, 0.2) is 0 Å². The monoisotopic (exact) mass is 248 g/mol. The Labute approximate surface area is 107 Å². The molecule has 0 aliphatic heterocycles. The number of methoxy groups -OCH3 is 1. The molecule has 5 heteroatoms. The van der Waals surface area contributed by atoms with E-state index in [-0.39, 0.29) is 0 Å². The molecule has 0 saturated heterocycles. The maximum atomic E-state index is 5.90. The molecular weight excluding hydrogens is 228 g/mol. The van der Waals surface area contributed by atoms with Crippen molar-refractivity contribution in [2.24, 2.45) is 0 Å². The van der Waals surface area contributed by atoms with Crippen molar-refractivity contribution in [3.63, 3.8) is 0 Å². The van der Waals surface area contributed by atoms with Crippen molar-refractivity contribution in [1.82, 2.24) is 9.97 Å². The van der Waals surface area contributed by atoms with Crippen LogP contribution in [0, 0.1) is 0 Å². The summed E-state index contributed by atoms with van der Waals surface area (Å²) in [5.74, 6) is 3.03. The Bertz CT molecular complexity index is 429. The predicted octanol–water partition coefficient (Wildman–Crippen LogP) is 1.55. The maximum Gasteiger partial charge on any atom is 0.136 e. The van der Waals surface area contributed by atoms with Gasteiger partial charge in [0, 0.05) is 31.7 Å². The van der Waals surface area contributed by atoms with Gasteiger partial charge < -0.3 is 15.4 Å². The smallest absolute Gasteiger partial charge is 0.136 e. The zero-order valence-electron chi connectivity index (χ0n) is 10.8. The second-order valence-corrected chi connectivity index (χ2v) is 5.20. The molecule has 0 radical (unpaired) electrons. The van der Waals surface area contributed by atoms with Gasteiger partial charge in [0.25, 0.3) is 0 Å². The van der Waals surface area contributed by atoms with E-state index >= 15 is 0 Å². The van der Waals surface area contributed by atoms with Crippen LogP contribution in [0.2, 0.25) is 0 Å².